The number of hydrogen-bond donors (Lipinski definition) is 1. The van der Waals surface area contributed by atoms with Crippen LogP contribution in [0.4, 0.5) is 0 Å². The van der Waals surface area contributed by atoms with Crippen molar-refractivity contribution in [3.8, 4) is 0 Å². The molecule has 0 amide bonds. The number of rotatable bonds is 4. The Hall–Kier alpha value is -2.46. The molecule has 4 nitrogen and oxygen atoms in total. The lowest BCUT2D eigenvalue weighted by molar-refractivity contribution is 0.0810. The van der Waals surface area contributed by atoms with Crippen molar-refractivity contribution in [2.24, 2.45) is 5.92 Å². The van der Waals surface area contributed by atoms with E-state index in [1.54, 1.807) is 0 Å². The maximum atomic E-state index is 11.5. The van der Waals surface area contributed by atoms with Crippen LogP contribution >= 0.6 is 0 Å². The zero-order chi connectivity index (χ0) is 20.1. The molecule has 2 fully saturated rings. The molecule has 1 N–H and O–H groups in total. The highest BCUT2D eigenvalue weighted by Gasteiger charge is 2.34. The van der Waals surface area contributed by atoms with E-state index in [-0.39, 0.29) is 0 Å². The van der Waals surface area contributed by atoms with Gasteiger partial charge in [-0.3, -0.25) is 4.98 Å². The van der Waals surface area contributed by atoms with Crippen LogP contribution in [0.2, 0.25) is 0 Å². The van der Waals surface area contributed by atoms with Crippen molar-refractivity contribution in [1.82, 2.24) is 14.4 Å². The Balaban J connectivity index is 1.25. The number of aliphatic hydroxyl groups excluding tert-OH is 1. The van der Waals surface area contributed by atoms with E-state index < -0.39 is 6.10 Å². The van der Waals surface area contributed by atoms with E-state index >= 15 is 0 Å². The van der Waals surface area contributed by atoms with Gasteiger partial charge in [-0.05, 0) is 97.9 Å². The average Bonchev–Trinajstić information content (AvgIpc) is 3.54. The summed E-state index contributed by atoms with van der Waals surface area (Å²) < 4.78 is 2.06. The number of allylic oxidation sites excluding steroid dienone is 1. The molecule has 1 unspecified atom stereocenters. The van der Waals surface area contributed by atoms with Crippen LogP contribution in [0.3, 0.4) is 0 Å². The zero-order valence-electron chi connectivity index (χ0n) is 17.4. The molecule has 3 aliphatic carbocycles. The van der Waals surface area contributed by atoms with Crippen molar-refractivity contribution in [3.63, 3.8) is 0 Å². The molecule has 0 bridgehead atoms. The molecule has 3 aliphatic rings. The van der Waals surface area contributed by atoms with Crippen LogP contribution in [0.25, 0.3) is 11.6 Å². The normalized spacial score (nSPS) is 24.7. The number of hydrogen-bond acceptors (Lipinski definition) is 3. The number of aromatic nitrogens is 3. The summed E-state index contributed by atoms with van der Waals surface area (Å²) in [6, 6.07) is 4.44. The molecule has 154 valence electrons. The first kappa shape index (κ1) is 18.3. The second-order valence-corrected chi connectivity index (χ2v) is 9.40. The van der Waals surface area contributed by atoms with E-state index in [4.69, 9.17) is 0 Å². The first-order valence-corrected chi connectivity index (χ1v) is 11.6. The number of fused-ring (bicyclic) bond motifs is 2. The fourth-order valence-electron chi connectivity index (χ4n) is 5.79. The van der Waals surface area contributed by atoms with Gasteiger partial charge in [-0.25, -0.2) is 4.98 Å². The van der Waals surface area contributed by atoms with Crippen molar-refractivity contribution in [2.45, 2.75) is 69.3 Å². The lowest BCUT2D eigenvalue weighted by Gasteiger charge is -2.34. The largest absolute Gasteiger partial charge is 0.388 e. The van der Waals surface area contributed by atoms with Crippen molar-refractivity contribution in [2.75, 3.05) is 0 Å². The van der Waals surface area contributed by atoms with E-state index in [1.165, 1.54) is 35.2 Å². The number of aliphatic hydroxyl groups is 1. The summed E-state index contributed by atoms with van der Waals surface area (Å²) in [5.41, 5.74) is 7.69. The monoisotopic (exact) mass is 399 g/mol. The molecule has 3 heterocycles. The van der Waals surface area contributed by atoms with Gasteiger partial charge in [0, 0.05) is 23.7 Å². The molecule has 6 rings (SSSR count). The standard InChI is InChI=1S/C26H29N3O/c30-26(25-21(18-5-6-18)12-14-29-16-27-15-24(25)29)19-9-7-17(8-10-19)20-11-13-28-23-4-2-1-3-22(20)23/h1,3,11-19,26,30H,2,4-10H2. The Morgan fingerprint density at radius 3 is 2.63 bits per heavy atom. The van der Waals surface area contributed by atoms with Gasteiger partial charge in [0.1, 0.15) is 0 Å². The maximum Gasteiger partial charge on any atom is 0.0992 e. The van der Waals surface area contributed by atoms with Crippen LogP contribution in [-0.2, 0) is 6.42 Å². The van der Waals surface area contributed by atoms with E-state index in [0.717, 1.165) is 49.6 Å². The van der Waals surface area contributed by atoms with E-state index in [2.05, 4.69) is 44.9 Å². The number of aryl methyl sites for hydroxylation is 1. The highest BCUT2D eigenvalue weighted by Crippen LogP contribution is 2.48. The lowest BCUT2D eigenvalue weighted by Crippen LogP contribution is -2.22. The second kappa shape index (κ2) is 7.35. The molecule has 0 aliphatic heterocycles. The highest BCUT2D eigenvalue weighted by atomic mass is 16.3. The third kappa shape index (κ3) is 3.09. The zero-order valence-corrected chi connectivity index (χ0v) is 17.4. The van der Waals surface area contributed by atoms with Crippen molar-refractivity contribution < 1.29 is 5.11 Å². The van der Waals surface area contributed by atoms with Gasteiger partial charge in [-0.2, -0.15) is 0 Å². The SMILES string of the molecule is OC(c1c(C2CC2)ccn2cncc12)C1CCC(c2ccnc3c2C=CCC3)CC1. The van der Waals surface area contributed by atoms with Crippen molar-refractivity contribution in [1.29, 1.82) is 0 Å². The second-order valence-electron chi connectivity index (χ2n) is 9.40. The Morgan fingerprint density at radius 1 is 1.00 bits per heavy atom. The number of nitrogens with zero attached hydrogens (tertiary/aromatic N) is 3. The maximum absolute atomic E-state index is 11.5. The highest BCUT2D eigenvalue weighted by molar-refractivity contribution is 5.60. The molecule has 0 radical (unpaired) electrons. The van der Waals surface area contributed by atoms with Gasteiger partial charge in [0.15, 0.2) is 0 Å². The van der Waals surface area contributed by atoms with Gasteiger partial charge in [-0.1, -0.05) is 12.2 Å². The predicted octanol–water partition coefficient (Wildman–Crippen LogP) is 5.57. The van der Waals surface area contributed by atoms with Crippen LogP contribution < -0.4 is 0 Å². The van der Waals surface area contributed by atoms with Gasteiger partial charge in [0.25, 0.3) is 0 Å². The summed E-state index contributed by atoms with van der Waals surface area (Å²) in [7, 11) is 0. The Labute approximate surface area is 177 Å². The average molecular weight is 400 g/mol. The topological polar surface area (TPSA) is 50.4 Å². The Morgan fingerprint density at radius 2 is 1.80 bits per heavy atom. The first-order valence-electron chi connectivity index (χ1n) is 11.6. The molecule has 0 saturated heterocycles. The van der Waals surface area contributed by atoms with E-state index in [1.807, 2.05) is 18.7 Å². The van der Waals surface area contributed by atoms with Gasteiger partial charge in [-0.15, -0.1) is 0 Å². The molecular formula is C26H29N3O. The summed E-state index contributed by atoms with van der Waals surface area (Å²) in [5, 5.41) is 11.5. The molecule has 1 atom stereocenters. The molecule has 0 aromatic carbocycles. The van der Waals surface area contributed by atoms with Crippen LogP contribution in [0.15, 0.2) is 43.1 Å². The molecule has 2 saturated carbocycles. The van der Waals surface area contributed by atoms with Crippen LogP contribution in [0, 0.1) is 5.92 Å². The quantitative estimate of drug-likeness (QED) is 0.624. The van der Waals surface area contributed by atoms with Gasteiger partial charge < -0.3 is 9.51 Å². The summed E-state index contributed by atoms with van der Waals surface area (Å²) in [6.45, 7) is 0. The van der Waals surface area contributed by atoms with Gasteiger partial charge >= 0.3 is 0 Å². The Bertz CT molecular complexity index is 1100. The first-order chi connectivity index (χ1) is 14.8. The summed E-state index contributed by atoms with van der Waals surface area (Å²) in [6.07, 6.45) is 21.1. The summed E-state index contributed by atoms with van der Waals surface area (Å²) >= 11 is 0. The summed E-state index contributed by atoms with van der Waals surface area (Å²) in [4.78, 5) is 8.96. The van der Waals surface area contributed by atoms with Crippen LogP contribution in [0.5, 0.6) is 0 Å². The van der Waals surface area contributed by atoms with Gasteiger partial charge in [0.05, 0.1) is 24.1 Å². The molecule has 30 heavy (non-hydrogen) atoms. The molecule has 3 aromatic heterocycles. The summed E-state index contributed by atoms with van der Waals surface area (Å²) in [5.74, 6) is 1.54. The molecule has 4 heteroatoms. The third-order valence-corrected chi connectivity index (χ3v) is 7.58. The van der Waals surface area contributed by atoms with E-state index in [9.17, 15) is 5.11 Å². The molecule has 3 aromatic rings. The smallest absolute Gasteiger partial charge is 0.0992 e. The van der Waals surface area contributed by atoms with Gasteiger partial charge in [0.2, 0.25) is 0 Å². The minimum absolute atomic E-state index is 0.327. The number of pyridine rings is 2. The molecular weight excluding hydrogens is 370 g/mol. The van der Waals surface area contributed by atoms with Crippen molar-refractivity contribution >= 4 is 11.6 Å². The lowest BCUT2D eigenvalue weighted by atomic mass is 9.73. The fourth-order valence-corrected chi connectivity index (χ4v) is 5.79. The fraction of sp³-hybridized carbons (Fsp3) is 0.462. The Kier molecular flexibility index (Phi) is 4.49. The minimum Gasteiger partial charge on any atom is -0.388 e. The van der Waals surface area contributed by atoms with Crippen LogP contribution in [0.1, 0.15) is 90.8 Å². The minimum atomic E-state index is -0.395. The third-order valence-electron chi connectivity index (χ3n) is 7.58. The number of imidazole rings is 1. The predicted molar refractivity (Wildman–Crippen MR) is 118 cm³/mol. The molecule has 0 spiro atoms. The van der Waals surface area contributed by atoms with E-state index in [0.29, 0.717) is 17.8 Å². The van der Waals surface area contributed by atoms with Crippen molar-refractivity contribution in [3.05, 3.63) is 71.1 Å². The van der Waals surface area contributed by atoms with Crippen LogP contribution in [-0.4, -0.2) is 19.5 Å².